The Morgan fingerprint density at radius 1 is 1.15 bits per heavy atom. The summed E-state index contributed by atoms with van der Waals surface area (Å²) in [4.78, 5) is 6.75. The van der Waals surface area contributed by atoms with Gasteiger partial charge in [-0.05, 0) is 36.9 Å². The molecular weight excluding hydrogens is 246 g/mol. The standard InChI is InChI=1S/C16H21N3.CH4/c1-12-8-18-9-13(2)19(12)11-14-3-4-16-10-17-6-5-15(16)7-14;/h3-7,10,12-13,18H,8-9,11H2,1-2H3;1H4/t12-,13-;/m1./s1. The maximum absolute atomic E-state index is 4.16. The first kappa shape index (κ1) is 14.9. The van der Waals surface area contributed by atoms with Crippen molar-refractivity contribution in [1.82, 2.24) is 15.2 Å². The molecule has 3 rings (SSSR count). The fourth-order valence-electron chi connectivity index (χ4n) is 2.92. The lowest BCUT2D eigenvalue weighted by Gasteiger charge is -2.39. The molecule has 3 heteroatoms. The van der Waals surface area contributed by atoms with Crippen molar-refractivity contribution in [2.45, 2.75) is 39.9 Å². The first-order valence-electron chi connectivity index (χ1n) is 7.03. The molecule has 20 heavy (non-hydrogen) atoms. The summed E-state index contributed by atoms with van der Waals surface area (Å²) in [5.41, 5.74) is 1.39. The van der Waals surface area contributed by atoms with Gasteiger partial charge in [0.05, 0.1) is 0 Å². The Morgan fingerprint density at radius 3 is 2.65 bits per heavy atom. The molecule has 1 N–H and O–H groups in total. The molecule has 0 saturated carbocycles. The van der Waals surface area contributed by atoms with E-state index in [9.17, 15) is 0 Å². The van der Waals surface area contributed by atoms with Gasteiger partial charge in [0.2, 0.25) is 0 Å². The van der Waals surface area contributed by atoms with Crippen LogP contribution in [-0.4, -0.2) is 35.1 Å². The van der Waals surface area contributed by atoms with Crippen LogP contribution in [0.15, 0.2) is 36.7 Å². The number of hydrogen-bond acceptors (Lipinski definition) is 3. The number of benzene rings is 1. The van der Waals surface area contributed by atoms with Crippen LogP contribution in [-0.2, 0) is 6.54 Å². The number of hydrogen-bond donors (Lipinski definition) is 1. The van der Waals surface area contributed by atoms with Gasteiger partial charge in [-0.2, -0.15) is 0 Å². The molecule has 2 atom stereocenters. The Kier molecular flexibility index (Phi) is 4.73. The highest BCUT2D eigenvalue weighted by Crippen LogP contribution is 2.19. The van der Waals surface area contributed by atoms with Crippen LogP contribution in [0.4, 0.5) is 0 Å². The number of rotatable bonds is 2. The molecular formula is C17H25N3. The van der Waals surface area contributed by atoms with Gasteiger partial charge < -0.3 is 5.32 Å². The van der Waals surface area contributed by atoms with Crippen LogP contribution in [0.2, 0.25) is 0 Å². The zero-order chi connectivity index (χ0) is 13.2. The second-order valence-corrected chi connectivity index (χ2v) is 5.59. The monoisotopic (exact) mass is 271 g/mol. The molecule has 1 aromatic carbocycles. The summed E-state index contributed by atoms with van der Waals surface area (Å²) < 4.78 is 0. The molecule has 1 saturated heterocycles. The molecule has 1 aliphatic heterocycles. The van der Waals surface area contributed by atoms with Gasteiger partial charge in [-0.3, -0.25) is 9.88 Å². The summed E-state index contributed by atoms with van der Waals surface area (Å²) in [7, 11) is 0. The van der Waals surface area contributed by atoms with E-state index in [0.717, 1.165) is 19.6 Å². The van der Waals surface area contributed by atoms with Crippen LogP contribution in [0, 0.1) is 0 Å². The largest absolute Gasteiger partial charge is 0.314 e. The number of nitrogens with zero attached hydrogens (tertiary/aromatic N) is 2. The Morgan fingerprint density at radius 2 is 1.90 bits per heavy atom. The number of nitrogens with one attached hydrogen (secondary N) is 1. The summed E-state index contributed by atoms with van der Waals surface area (Å²) in [5, 5.41) is 5.98. The van der Waals surface area contributed by atoms with Gasteiger partial charge in [-0.1, -0.05) is 19.6 Å². The molecule has 108 valence electrons. The van der Waals surface area contributed by atoms with Crippen molar-refractivity contribution < 1.29 is 0 Å². The summed E-state index contributed by atoms with van der Waals surface area (Å²) in [6, 6.07) is 9.97. The predicted molar refractivity (Wildman–Crippen MR) is 85.8 cm³/mol. The summed E-state index contributed by atoms with van der Waals surface area (Å²) in [6.07, 6.45) is 3.79. The third kappa shape index (κ3) is 3.00. The van der Waals surface area contributed by atoms with E-state index >= 15 is 0 Å². The van der Waals surface area contributed by atoms with Gasteiger partial charge in [0.15, 0.2) is 0 Å². The van der Waals surface area contributed by atoms with Crippen LogP contribution in [0.25, 0.3) is 10.8 Å². The molecule has 1 aromatic heterocycles. The van der Waals surface area contributed by atoms with Crippen molar-refractivity contribution in [2.24, 2.45) is 0 Å². The topological polar surface area (TPSA) is 28.2 Å². The molecule has 0 amide bonds. The van der Waals surface area contributed by atoms with Crippen LogP contribution in [0.1, 0.15) is 26.8 Å². The highest BCUT2D eigenvalue weighted by atomic mass is 15.2. The van der Waals surface area contributed by atoms with Crippen molar-refractivity contribution in [3.8, 4) is 0 Å². The van der Waals surface area contributed by atoms with E-state index in [0.29, 0.717) is 12.1 Å². The van der Waals surface area contributed by atoms with E-state index in [-0.39, 0.29) is 7.43 Å². The maximum atomic E-state index is 4.16. The van der Waals surface area contributed by atoms with Crippen LogP contribution >= 0.6 is 0 Å². The minimum absolute atomic E-state index is 0. The number of aromatic nitrogens is 1. The Hall–Kier alpha value is -1.45. The van der Waals surface area contributed by atoms with Gasteiger partial charge in [0.1, 0.15) is 0 Å². The molecule has 0 radical (unpaired) electrons. The van der Waals surface area contributed by atoms with E-state index in [1.54, 1.807) is 0 Å². The van der Waals surface area contributed by atoms with E-state index < -0.39 is 0 Å². The SMILES string of the molecule is C.C[C@@H]1CNC[C@@H](C)N1Cc1ccc2cnccc2c1. The zero-order valence-electron chi connectivity index (χ0n) is 11.6. The molecule has 0 bridgehead atoms. The van der Waals surface area contributed by atoms with Crippen LogP contribution in [0.5, 0.6) is 0 Å². The average Bonchev–Trinajstić information content (AvgIpc) is 2.43. The van der Waals surface area contributed by atoms with Crippen LogP contribution < -0.4 is 5.32 Å². The quantitative estimate of drug-likeness (QED) is 0.910. The molecule has 1 aliphatic rings. The van der Waals surface area contributed by atoms with Crippen molar-refractivity contribution in [1.29, 1.82) is 0 Å². The highest BCUT2D eigenvalue weighted by molar-refractivity contribution is 5.81. The summed E-state index contributed by atoms with van der Waals surface area (Å²) in [5.74, 6) is 0. The lowest BCUT2D eigenvalue weighted by Crippen LogP contribution is -2.54. The van der Waals surface area contributed by atoms with Gasteiger partial charge >= 0.3 is 0 Å². The third-order valence-electron chi connectivity index (χ3n) is 4.08. The highest BCUT2D eigenvalue weighted by Gasteiger charge is 2.24. The predicted octanol–water partition coefficient (Wildman–Crippen LogP) is 3.05. The number of pyridine rings is 1. The van der Waals surface area contributed by atoms with Crippen molar-refractivity contribution in [3.63, 3.8) is 0 Å². The van der Waals surface area contributed by atoms with Crippen molar-refractivity contribution >= 4 is 10.8 Å². The van der Waals surface area contributed by atoms with E-state index in [1.807, 2.05) is 12.4 Å². The molecule has 1 fully saturated rings. The van der Waals surface area contributed by atoms with Gasteiger partial charge in [0.25, 0.3) is 0 Å². The molecule has 3 nitrogen and oxygen atoms in total. The van der Waals surface area contributed by atoms with E-state index in [1.165, 1.54) is 16.3 Å². The summed E-state index contributed by atoms with van der Waals surface area (Å²) in [6.45, 7) is 7.80. The van der Waals surface area contributed by atoms with Crippen molar-refractivity contribution in [2.75, 3.05) is 13.1 Å². The fourth-order valence-corrected chi connectivity index (χ4v) is 2.92. The number of fused-ring (bicyclic) bond motifs is 1. The van der Waals surface area contributed by atoms with Gasteiger partial charge in [-0.25, -0.2) is 0 Å². The second-order valence-electron chi connectivity index (χ2n) is 5.59. The smallest absolute Gasteiger partial charge is 0.0346 e. The first-order valence-corrected chi connectivity index (χ1v) is 7.03. The maximum Gasteiger partial charge on any atom is 0.0346 e. The first-order chi connectivity index (χ1) is 9.24. The fraction of sp³-hybridized carbons (Fsp3) is 0.471. The molecule has 0 spiro atoms. The van der Waals surface area contributed by atoms with Gasteiger partial charge in [0, 0.05) is 49.5 Å². The minimum Gasteiger partial charge on any atom is -0.314 e. The van der Waals surface area contributed by atoms with Gasteiger partial charge in [-0.15, -0.1) is 0 Å². The number of piperazine rings is 1. The zero-order valence-corrected chi connectivity index (χ0v) is 11.6. The normalized spacial score (nSPS) is 23.5. The third-order valence-corrected chi connectivity index (χ3v) is 4.08. The Balaban J connectivity index is 0.00000147. The molecule has 0 aliphatic carbocycles. The molecule has 0 unspecified atom stereocenters. The van der Waals surface area contributed by atoms with Crippen LogP contribution in [0.3, 0.4) is 0 Å². The minimum atomic E-state index is 0. The lowest BCUT2D eigenvalue weighted by atomic mass is 10.1. The second kappa shape index (κ2) is 6.33. The van der Waals surface area contributed by atoms with E-state index in [2.05, 4.69) is 53.3 Å². The van der Waals surface area contributed by atoms with E-state index in [4.69, 9.17) is 0 Å². The molecule has 2 heterocycles. The Bertz CT molecular complexity index is 557. The summed E-state index contributed by atoms with van der Waals surface area (Å²) >= 11 is 0. The Labute approximate surface area is 122 Å². The average molecular weight is 271 g/mol. The molecule has 2 aromatic rings. The van der Waals surface area contributed by atoms with Crippen molar-refractivity contribution in [3.05, 3.63) is 42.2 Å². The lowest BCUT2D eigenvalue weighted by molar-refractivity contribution is 0.109.